The molecule has 4 heteroatoms. The van der Waals surface area contributed by atoms with Crippen molar-refractivity contribution in [3.63, 3.8) is 0 Å². The van der Waals surface area contributed by atoms with Crippen LogP contribution < -0.4 is 0 Å². The van der Waals surface area contributed by atoms with Gasteiger partial charge >= 0.3 is 0 Å². The van der Waals surface area contributed by atoms with Gasteiger partial charge in [-0.25, -0.2) is 0 Å². The number of Topliss-reactive ketones (excluding diaryl/α,β-unsaturated/α-hetero) is 1. The Morgan fingerprint density at radius 2 is 1.30 bits per heavy atom. The molecule has 0 unspecified atom stereocenters. The number of unbranched alkanes of at least 4 members (excludes halogenated alkanes) is 4. The number of hydrogen-bond acceptors (Lipinski definition) is 3. The molecule has 138 valence electrons. The van der Waals surface area contributed by atoms with Crippen LogP contribution >= 0.6 is 0 Å². The van der Waals surface area contributed by atoms with Gasteiger partial charge in [0.1, 0.15) is 5.78 Å². The van der Waals surface area contributed by atoms with E-state index in [0.717, 1.165) is 58.2 Å². The van der Waals surface area contributed by atoms with Crippen LogP contribution in [0, 0.1) is 0 Å². The number of carbonyl (C=O) groups excluding carboxylic acids is 2. The van der Waals surface area contributed by atoms with Crippen molar-refractivity contribution in [3.05, 3.63) is 0 Å². The molecule has 1 amide bonds. The number of hydrogen-bond donors (Lipinski definition) is 0. The molecule has 0 heterocycles. The van der Waals surface area contributed by atoms with E-state index in [1.54, 1.807) is 0 Å². The van der Waals surface area contributed by atoms with Gasteiger partial charge in [0.25, 0.3) is 0 Å². The molecule has 0 saturated carbocycles. The lowest BCUT2D eigenvalue weighted by Crippen LogP contribution is -2.34. The standard InChI is InChI=1S/C17H34N2O2.C2H6/c1-5-16(20)12-10-8-7-9-11-13-17(21)19(4)15-14-18(3)6-2;1-2/h5-15H2,1-4H3;1-2H3. The summed E-state index contributed by atoms with van der Waals surface area (Å²) in [5, 5.41) is 0. The average Bonchev–Trinajstić information content (AvgIpc) is 2.59. The lowest BCUT2D eigenvalue weighted by atomic mass is 10.1. The Bertz CT molecular complexity index is 293. The number of ketones is 1. The summed E-state index contributed by atoms with van der Waals surface area (Å²) in [4.78, 5) is 27.1. The third-order valence-corrected chi connectivity index (χ3v) is 4.02. The van der Waals surface area contributed by atoms with Crippen molar-refractivity contribution in [1.29, 1.82) is 0 Å². The third kappa shape index (κ3) is 15.8. The van der Waals surface area contributed by atoms with Crippen molar-refractivity contribution >= 4 is 11.7 Å². The maximum Gasteiger partial charge on any atom is 0.222 e. The molecule has 0 saturated heterocycles. The molecule has 0 aliphatic rings. The van der Waals surface area contributed by atoms with Crippen molar-refractivity contribution in [2.45, 2.75) is 79.1 Å². The molecular formula is C19H40N2O2. The zero-order valence-corrected chi connectivity index (χ0v) is 16.5. The van der Waals surface area contributed by atoms with Gasteiger partial charge in [-0.2, -0.15) is 0 Å². The smallest absolute Gasteiger partial charge is 0.222 e. The minimum Gasteiger partial charge on any atom is -0.344 e. The Kier molecular flexibility index (Phi) is 18.5. The summed E-state index contributed by atoms with van der Waals surface area (Å²) < 4.78 is 0. The molecule has 0 atom stereocenters. The normalized spacial score (nSPS) is 10.2. The van der Waals surface area contributed by atoms with Gasteiger partial charge in [0.05, 0.1) is 0 Å². The Hall–Kier alpha value is -0.900. The highest BCUT2D eigenvalue weighted by molar-refractivity contribution is 5.77. The van der Waals surface area contributed by atoms with E-state index in [0.29, 0.717) is 18.6 Å². The summed E-state index contributed by atoms with van der Waals surface area (Å²) in [5.74, 6) is 0.615. The molecule has 0 N–H and O–H groups in total. The number of carbonyl (C=O) groups is 2. The SMILES string of the molecule is CC.CCC(=O)CCCCCCCC(=O)N(C)CCN(C)CC. The summed E-state index contributed by atoms with van der Waals surface area (Å²) in [7, 11) is 3.96. The monoisotopic (exact) mass is 328 g/mol. The van der Waals surface area contributed by atoms with E-state index in [2.05, 4.69) is 18.9 Å². The Morgan fingerprint density at radius 3 is 1.83 bits per heavy atom. The van der Waals surface area contributed by atoms with Crippen LogP contribution in [-0.2, 0) is 9.59 Å². The molecule has 0 aromatic heterocycles. The average molecular weight is 329 g/mol. The van der Waals surface area contributed by atoms with Crippen molar-refractivity contribution in [2.75, 3.05) is 33.7 Å². The quantitative estimate of drug-likeness (QED) is 0.477. The first kappa shape index (κ1) is 24.4. The highest BCUT2D eigenvalue weighted by Gasteiger charge is 2.08. The van der Waals surface area contributed by atoms with Gasteiger partial charge in [-0.3, -0.25) is 9.59 Å². The largest absolute Gasteiger partial charge is 0.344 e. The zero-order valence-electron chi connectivity index (χ0n) is 16.5. The van der Waals surface area contributed by atoms with Crippen LogP contribution in [0.3, 0.4) is 0 Å². The molecule has 0 spiro atoms. The molecule has 0 aromatic rings. The van der Waals surface area contributed by atoms with Crippen LogP contribution in [-0.4, -0.2) is 55.2 Å². The first-order valence-electron chi connectivity index (χ1n) is 9.45. The minimum absolute atomic E-state index is 0.251. The summed E-state index contributed by atoms with van der Waals surface area (Å²) >= 11 is 0. The van der Waals surface area contributed by atoms with E-state index in [-0.39, 0.29) is 5.91 Å². The van der Waals surface area contributed by atoms with Crippen LogP contribution in [0.15, 0.2) is 0 Å². The lowest BCUT2D eigenvalue weighted by Gasteiger charge is -2.21. The summed E-state index contributed by atoms with van der Waals surface area (Å²) in [5.41, 5.74) is 0. The van der Waals surface area contributed by atoms with Crippen LogP contribution in [0.2, 0.25) is 0 Å². The van der Waals surface area contributed by atoms with Crippen LogP contribution in [0.25, 0.3) is 0 Å². The van der Waals surface area contributed by atoms with Gasteiger partial charge in [-0.1, -0.05) is 47.0 Å². The van der Waals surface area contributed by atoms with Crippen molar-refractivity contribution in [2.24, 2.45) is 0 Å². The van der Waals surface area contributed by atoms with E-state index in [4.69, 9.17) is 0 Å². The molecule has 0 radical (unpaired) electrons. The Labute approximate surface area is 144 Å². The summed E-state index contributed by atoms with van der Waals surface area (Å²) in [6.07, 6.45) is 7.34. The maximum absolute atomic E-state index is 11.9. The second-order valence-corrected chi connectivity index (χ2v) is 5.87. The molecule has 0 bridgehead atoms. The zero-order chi connectivity index (χ0) is 18.1. The molecule has 0 aromatic carbocycles. The molecule has 23 heavy (non-hydrogen) atoms. The van der Waals surface area contributed by atoms with Crippen LogP contribution in [0.4, 0.5) is 0 Å². The van der Waals surface area contributed by atoms with Crippen molar-refractivity contribution in [1.82, 2.24) is 9.80 Å². The van der Waals surface area contributed by atoms with Gasteiger partial charge in [-0.05, 0) is 26.4 Å². The van der Waals surface area contributed by atoms with E-state index in [1.807, 2.05) is 32.7 Å². The molecule has 0 rings (SSSR count). The molecule has 0 aliphatic heterocycles. The minimum atomic E-state index is 0.251. The first-order chi connectivity index (χ1) is 11.0. The predicted molar refractivity (Wildman–Crippen MR) is 99.8 cm³/mol. The van der Waals surface area contributed by atoms with E-state index in [9.17, 15) is 9.59 Å². The van der Waals surface area contributed by atoms with E-state index < -0.39 is 0 Å². The number of rotatable bonds is 13. The fraction of sp³-hybridized carbons (Fsp3) is 0.895. The van der Waals surface area contributed by atoms with Crippen LogP contribution in [0.5, 0.6) is 0 Å². The molecule has 4 nitrogen and oxygen atoms in total. The summed E-state index contributed by atoms with van der Waals surface area (Å²) in [6.45, 7) is 10.8. The van der Waals surface area contributed by atoms with Gasteiger partial charge < -0.3 is 9.80 Å². The maximum atomic E-state index is 11.9. The topological polar surface area (TPSA) is 40.6 Å². The Balaban J connectivity index is 0. The Morgan fingerprint density at radius 1 is 0.783 bits per heavy atom. The fourth-order valence-electron chi connectivity index (χ4n) is 2.10. The number of likely N-dealkylation sites (N-methyl/N-ethyl adjacent to an activating group) is 2. The second kappa shape index (κ2) is 17.5. The van der Waals surface area contributed by atoms with Crippen molar-refractivity contribution < 1.29 is 9.59 Å². The fourth-order valence-corrected chi connectivity index (χ4v) is 2.10. The highest BCUT2D eigenvalue weighted by atomic mass is 16.2. The van der Waals surface area contributed by atoms with Gasteiger partial charge in [0, 0.05) is 39.4 Å². The summed E-state index contributed by atoms with van der Waals surface area (Å²) in [6, 6.07) is 0. The predicted octanol–water partition coefficient (Wildman–Crippen LogP) is 4.13. The first-order valence-corrected chi connectivity index (χ1v) is 9.45. The van der Waals surface area contributed by atoms with Crippen LogP contribution in [0.1, 0.15) is 79.1 Å². The van der Waals surface area contributed by atoms with Gasteiger partial charge in [0.2, 0.25) is 5.91 Å². The molecule has 0 fully saturated rings. The van der Waals surface area contributed by atoms with Crippen molar-refractivity contribution in [3.8, 4) is 0 Å². The van der Waals surface area contributed by atoms with Gasteiger partial charge in [-0.15, -0.1) is 0 Å². The number of amides is 1. The molecule has 0 aliphatic carbocycles. The van der Waals surface area contributed by atoms with E-state index in [1.165, 1.54) is 0 Å². The number of nitrogens with zero attached hydrogens (tertiary/aromatic N) is 2. The second-order valence-electron chi connectivity index (χ2n) is 5.87. The lowest BCUT2D eigenvalue weighted by molar-refractivity contribution is -0.130. The third-order valence-electron chi connectivity index (χ3n) is 4.02. The molecular weight excluding hydrogens is 288 g/mol. The van der Waals surface area contributed by atoms with E-state index >= 15 is 0 Å². The van der Waals surface area contributed by atoms with Gasteiger partial charge in [0.15, 0.2) is 0 Å². The highest BCUT2D eigenvalue weighted by Crippen LogP contribution is 2.09.